The lowest BCUT2D eigenvalue weighted by Crippen LogP contribution is -2.27. The fourth-order valence-electron chi connectivity index (χ4n) is 3.06. The van der Waals surface area contributed by atoms with Crippen LogP contribution in [-0.4, -0.2) is 25.8 Å². The Bertz CT molecular complexity index is 829. The lowest BCUT2D eigenvalue weighted by molar-refractivity contribution is 0.477. The fourth-order valence-corrected chi connectivity index (χ4v) is 4.57. The lowest BCUT2D eigenvalue weighted by atomic mass is 10.1. The molecule has 1 aliphatic rings. The molecule has 25 heavy (non-hydrogen) atoms. The minimum Gasteiger partial charge on any atom is -0.309 e. The number of hydrogen-bond acceptors (Lipinski definition) is 3. The molecule has 1 N–H and O–H groups in total. The van der Waals surface area contributed by atoms with Gasteiger partial charge in [0.2, 0.25) is 10.0 Å². The summed E-state index contributed by atoms with van der Waals surface area (Å²) in [6, 6.07) is 11.8. The average Bonchev–Trinajstić information content (AvgIpc) is 3.13. The molecule has 0 atom stereocenters. The molecule has 1 fully saturated rings. The number of halogens is 1. The van der Waals surface area contributed by atoms with E-state index in [9.17, 15) is 12.8 Å². The summed E-state index contributed by atoms with van der Waals surface area (Å²) in [4.78, 5) is 0.354. The van der Waals surface area contributed by atoms with E-state index in [2.05, 4.69) is 5.32 Å². The number of sulfonamides is 1. The number of nitrogens with zero attached hydrogens (tertiary/aromatic N) is 1. The first-order valence-electron chi connectivity index (χ1n) is 8.52. The van der Waals surface area contributed by atoms with Crippen molar-refractivity contribution in [2.75, 3.05) is 13.1 Å². The van der Waals surface area contributed by atoms with E-state index in [-0.39, 0.29) is 5.82 Å². The molecule has 0 aromatic heterocycles. The molecular weight excluding hydrogens is 339 g/mol. The third-order valence-electron chi connectivity index (χ3n) is 4.58. The van der Waals surface area contributed by atoms with E-state index >= 15 is 0 Å². The van der Waals surface area contributed by atoms with Gasteiger partial charge in [0, 0.05) is 26.2 Å². The van der Waals surface area contributed by atoms with E-state index in [0.29, 0.717) is 31.1 Å². The summed E-state index contributed by atoms with van der Waals surface area (Å²) in [5.41, 5.74) is 2.98. The van der Waals surface area contributed by atoms with E-state index < -0.39 is 10.0 Å². The van der Waals surface area contributed by atoms with Crippen LogP contribution in [-0.2, 0) is 23.1 Å². The molecule has 0 spiro atoms. The Kier molecular flexibility index (Phi) is 5.51. The summed E-state index contributed by atoms with van der Waals surface area (Å²) in [6.07, 6.45) is 1.87. The van der Waals surface area contributed by atoms with Gasteiger partial charge in [0.05, 0.1) is 4.90 Å². The molecule has 0 radical (unpaired) electrons. The van der Waals surface area contributed by atoms with E-state index in [1.165, 1.54) is 12.1 Å². The van der Waals surface area contributed by atoms with E-state index in [4.69, 9.17) is 0 Å². The SMILES string of the molecule is Cc1cc(F)ccc1CNCc1ccc(S(=O)(=O)N2CCCC2)cc1. The first-order chi connectivity index (χ1) is 12.0. The lowest BCUT2D eigenvalue weighted by Gasteiger charge is -2.15. The molecule has 0 unspecified atom stereocenters. The average molecular weight is 362 g/mol. The Morgan fingerprint density at radius 1 is 1.04 bits per heavy atom. The summed E-state index contributed by atoms with van der Waals surface area (Å²) in [6.45, 7) is 4.38. The molecule has 134 valence electrons. The van der Waals surface area contributed by atoms with E-state index in [1.807, 2.05) is 19.1 Å². The number of rotatable bonds is 6. The molecule has 3 rings (SSSR count). The van der Waals surface area contributed by atoms with Gasteiger partial charge in [-0.1, -0.05) is 18.2 Å². The van der Waals surface area contributed by atoms with Crippen LogP contribution in [0.3, 0.4) is 0 Å². The summed E-state index contributed by atoms with van der Waals surface area (Å²) in [5, 5.41) is 3.31. The molecular formula is C19H23FN2O2S. The van der Waals surface area contributed by atoms with Crippen molar-refractivity contribution in [1.29, 1.82) is 0 Å². The van der Waals surface area contributed by atoms with Crippen molar-refractivity contribution in [3.8, 4) is 0 Å². The standard InChI is InChI=1S/C19H23FN2O2S/c1-15-12-18(20)7-6-17(15)14-21-13-16-4-8-19(9-5-16)25(23,24)22-10-2-3-11-22/h4-9,12,21H,2-3,10-11,13-14H2,1H3. The molecule has 0 aliphatic carbocycles. The van der Waals surface area contributed by atoms with Crippen molar-refractivity contribution < 1.29 is 12.8 Å². The highest BCUT2D eigenvalue weighted by atomic mass is 32.2. The predicted octanol–water partition coefficient (Wildman–Crippen LogP) is 3.21. The van der Waals surface area contributed by atoms with Gasteiger partial charge in [-0.15, -0.1) is 0 Å². The first-order valence-corrected chi connectivity index (χ1v) is 9.96. The van der Waals surface area contributed by atoms with Crippen molar-refractivity contribution in [3.63, 3.8) is 0 Å². The molecule has 4 nitrogen and oxygen atoms in total. The summed E-state index contributed by atoms with van der Waals surface area (Å²) < 4.78 is 39.6. The quantitative estimate of drug-likeness (QED) is 0.858. The number of aryl methyl sites for hydroxylation is 1. The maximum absolute atomic E-state index is 13.1. The zero-order valence-corrected chi connectivity index (χ0v) is 15.2. The van der Waals surface area contributed by atoms with Crippen LogP contribution < -0.4 is 5.32 Å². The van der Waals surface area contributed by atoms with Gasteiger partial charge in [-0.05, 0) is 60.7 Å². The smallest absolute Gasteiger partial charge is 0.243 e. The van der Waals surface area contributed by atoms with Crippen LogP contribution in [0.1, 0.15) is 29.5 Å². The van der Waals surface area contributed by atoms with Crippen LogP contribution in [0.25, 0.3) is 0 Å². The van der Waals surface area contributed by atoms with Crippen LogP contribution >= 0.6 is 0 Å². The monoisotopic (exact) mass is 362 g/mol. The zero-order valence-electron chi connectivity index (χ0n) is 14.3. The van der Waals surface area contributed by atoms with Gasteiger partial charge in [-0.2, -0.15) is 4.31 Å². The second-order valence-corrected chi connectivity index (χ2v) is 8.37. The second kappa shape index (κ2) is 7.64. The molecule has 0 saturated carbocycles. The van der Waals surface area contributed by atoms with E-state index in [0.717, 1.165) is 29.5 Å². The molecule has 1 saturated heterocycles. The molecule has 0 amide bonds. The van der Waals surface area contributed by atoms with Gasteiger partial charge in [0.1, 0.15) is 5.82 Å². The summed E-state index contributed by atoms with van der Waals surface area (Å²) in [7, 11) is -3.35. The number of benzene rings is 2. The maximum atomic E-state index is 13.1. The topological polar surface area (TPSA) is 49.4 Å². The van der Waals surface area contributed by atoms with Gasteiger partial charge in [0.15, 0.2) is 0 Å². The van der Waals surface area contributed by atoms with Crippen molar-refractivity contribution >= 4 is 10.0 Å². The Morgan fingerprint density at radius 3 is 2.36 bits per heavy atom. The Balaban J connectivity index is 1.59. The third kappa shape index (κ3) is 4.26. The van der Waals surface area contributed by atoms with Gasteiger partial charge in [-0.3, -0.25) is 0 Å². The predicted molar refractivity (Wildman–Crippen MR) is 96.1 cm³/mol. The van der Waals surface area contributed by atoms with Gasteiger partial charge < -0.3 is 5.32 Å². The van der Waals surface area contributed by atoms with Gasteiger partial charge >= 0.3 is 0 Å². The van der Waals surface area contributed by atoms with Crippen LogP contribution in [0.5, 0.6) is 0 Å². The molecule has 6 heteroatoms. The van der Waals surface area contributed by atoms with Crippen molar-refractivity contribution in [2.45, 2.75) is 37.8 Å². The first kappa shape index (κ1) is 18.0. The van der Waals surface area contributed by atoms with Crippen molar-refractivity contribution in [1.82, 2.24) is 9.62 Å². The second-order valence-electron chi connectivity index (χ2n) is 6.43. The zero-order chi connectivity index (χ0) is 17.9. The Labute approximate surface area is 148 Å². The van der Waals surface area contributed by atoms with Crippen LogP contribution in [0.15, 0.2) is 47.4 Å². The van der Waals surface area contributed by atoms with Crippen LogP contribution in [0.2, 0.25) is 0 Å². The number of nitrogens with one attached hydrogen (secondary N) is 1. The highest BCUT2D eigenvalue weighted by molar-refractivity contribution is 7.89. The van der Waals surface area contributed by atoms with Crippen molar-refractivity contribution in [2.24, 2.45) is 0 Å². The van der Waals surface area contributed by atoms with E-state index in [1.54, 1.807) is 22.5 Å². The summed E-state index contributed by atoms with van der Waals surface area (Å²) in [5.74, 6) is -0.226. The molecule has 2 aromatic carbocycles. The Morgan fingerprint density at radius 2 is 1.72 bits per heavy atom. The fraction of sp³-hybridized carbons (Fsp3) is 0.368. The van der Waals surface area contributed by atoms with Gasteiger partial charge in [-0.25, -0.2) is 12.8 Å². The third-order valence-corrected chi connectivity index (χ3v) is 6.49. The van der Waals surface area contributed by atoms with Crippen molar-refractivity contribution in [3.05, 3.63) is 65.0 Å². The highest BCUT2D eigenvalue weighted by Crippen LogP contribution is 2.21. The molecule has 0 bridgehead atoms. The highest BCUT2D eigenvalue weighted by Gasteiger charge is 2.26. The maximum Gasteiger partial charge on any atom is 0.243 e. The van der Waals surface area contributed by atoms with Crippen LogP contribution in [0.4, 0.5) is 4.39 Å². The van der Waals surface area contributed by atoms with Gasteiger partial charge in [0.25, 0.3) is 0 Å². The summed E-state index contributed by atoms with van der Waals surface area (Å²) >= 11 is 0. The largest absolute Gasteiger partial charge is 0.309 e. The molecule has 1 aliphatic heterocycles. The Hall–Kier alpha value is -1.76. The molecule has 2 aromatic rings. The normalized spacial score (nSPS) is 15.6. The minimum absolute atomic E-state index is 0.226. The minimum atomic E-state index is -3.35. The number of hydrogen-bond donors (Lipinski definition) is 1. The molecule has 1 heterocycles. The van der Waals surface area contributed by atoms with Crippen LogP contribution in [0, 0.1) is 12.7 Å².